The third-order valence-corrected chi connectivity index (χ3v) is 4.02. The largest absolute Gasteiger partial charge is 0.478 e. The van der Waals surface area contributed by atoms with Crippen LogP contribution in [0.5, 0.6) is 0 Å². The second kappa shape index (κ2) is 11.2. The number of aromatic carboxylic acids is 1. The summed E-state index contributed by atoms with van der Waals surface area (Å²) in [5.74, 6) is -1.07. The van der Waals surface area contributed by atoms with Crippen LogP contribution in [0.2, 0.25) is 0 Å². The van der Waals surface area contributed by atoms with Crippen molar-refractivity contribution < 1.29 is 18.3 Å². The Morgan fingerprint density at radius 1 is 1.22 bits per heavy atom. The van der Waals surface area contributed by atoms with Gasteiger partial charge in [0.1, 0.15) is 0 Å². The Balaban J connectivity index is 0.000000585. The van der Waals surface area contributed by atoms with Gasteiger partial charge in [-0.05, 0) is 49.7 Å². The highest BCUT2D eigenvalue weighted by atomic mass is 32.2. The molecule has 1 aromatic rings. The van der Waals surface area contributed by atoms with Crippen molar-refractivity contribution in [1.82, 2.24) is 5.32 Å². The quantitative estimate of drug-likeness (QED) is 0.627. The van der Waals surface area contributed by atoms with Crippen LogP contribution in [0, 0.1) is 0 Å². The standard InChI is InChI=1S/C10H13NO4S.C6H15N/c1-2-3-7-6-8(16(11,14)15)4-5-9(7)10(12)13;1-3-5-6-7-4-2/h4-6H,2-3H2,1H3,(H,12,13)(H2,11,14,15);7H,3-6H2,1-2H3. The molecular weight excluding hydrogens is 316 g/mol. The lowest BCUT2D eigenvalue weighted by Gasteiger charge is -2.06. The molecule has 0 saturated carbocycles. The molecule has 0 aliphatic heterocycles. The van der Waals surface area contributed by atoms with Crippen LogP contribution in [-0.2, 0) is 16.4 Å². The number of hydrogen-bond acceptors (Lipinski definition) is 4. The first-order valence-corrected chi connectivity index (χ1v) is 9.42. The number of nitrogens with one attached hydrogen (secondary N) is 1. The summed E-state index contributed by atoms with van der Waals surface area (Å²) >= 11 is 0. The molecule has 0 fully saturated rings. The zero-order valence-corrected chi connectivity index (χ0v) is 14.9. The van der Waals surface area contributed by atoms with Crippen molar-refractivity contribution in [2.24, 2.45) is 5.14 Å². The van der Waals surface area contributed by atoms with E-state index in [0.717, 1.165) is 13.0 Å². The molecule has 0 unspecified atom stereocenters. The number of benzene rings is 1. The fourth-order valence-corrected chi connectivity index (χ4v) is 2.47. The van der Waals surface area contributed by atoms with Gasteiger partial charge in [-0.15, -0.1) is 0 Å². The Hall–Kier alpha value is -1.44. The monoisotopic (exact) mass is 344 g/mol. The molecule has 1 rings (SSSR count). The Bertz CT molecular complexity index is 582. The number of rotatable bonds is 8. The molecule has 0 aliphatic rings. The van der Waals surface area contributed by atoms with Crippen LogP contribution in [0.4, 0.5) is 0 Å². The maximum Gasteiger partial charge on any atom is 0.335 e. The summed E-state index contributed by atoms with van der Waals surface area (Å²) in [6.45, 7) is 8.52. The predicted molar refractivity (Wildman–Crippen MR) is 92.2 cm³/mol. The maximum absolute atomic E-state index is 11.1. The third-order valence-electron chi connectivity index (χ3n) is 3.11. The molecule has 0 spiro atoms. The van der Waals surface area contributed by atoms with Gasteiger partial charge in [0, 0.05) is 0 Å². The Kier molecular flexibility index (Phi) is 10.5. The lowest BCUT2D eigenvalue weighted by Crippen LogP contribution is -2.13. The molecular formula is C16H28N2O4S. The number of sulfonamides is 1. The van der Waals surface area contributed by atoms with E-state index < -0.39 is 16.0 Å². The van der Waals surface area contributed by atoms with Crippen molar-refractivity contribution in [2.75, 3.05) is 13.1 Å². The molecule has 0 atom stereocenters. The smallest absolute Gasteiger partial charge is 0.335 e. The fraction of sp³-hybridized carbons (Fsp3) is 0.562. The molecule has 23 heavy (non-hydrogen) atoms. The van der Waals surface area contributed by atoms with Crippen molar-refractivity contribution in [1.29, 1.82) is 0 Å². The van der Waals surface area contributed by atoms with Gasteiger partial charge < -0.3 is 10.4 Å². The second-order valence-corrected chi connectivity index (χ2v) is 6.69. The molecule has 132 valence electrons. The molecule has 4 N–H and O–H groups in total. The van der Waals surface area contributed by atoms with E-state index in [0.29, 0.717) is 12.0 Å². The summed E-state index contributed by atoms with van der Waals surface area (Å²) in [5.41, 5.74) is 0.607. The highest BCUT2D eigenvalue weighted by Gasteiger charge is 2.14. The lowest BCUT2D eigenvalue weighted by molar-refractivity contribution is 0.0695. The number of nitrogens with two attached hydrogens (primary N) is 1. The second-order valence-electron chi connectivity index (χ2n) is 5.13. The average Bonchev–Trinajstić information content (AvgIpc) is 2.47. The summed E-state index contributed by atoms with van der Waals surface area (Å²) in [6.07, 6.45) is 3.85. The van der Waals surface area contributed by atoms with E-state index in [4.69, 9.17) is 10.2 Å². The van der Waals surface area contributed by atoms with Crippen LogP contribution in [0.1, 0.15) is 56.0 Å². The van der Waals surface area contributed by atoms with Crippen LogP contribution in [0.3, 0.4) is 0 Å². The molecule has 0 bridgehead atoms. The Morgan fingerprint density at radius 2 is 1.87 bits per heavy atom. The van der Waals surface area contributed by atoms with E-state index in [9.17, 15) is 13.2 Å². The molecule has 0 radical (unpaired) electrons. The first-order valence-electron chi connectivity index (χ1n) is 7.87. The highest BCUT2D eigenvalue weighted by Crippen LogP contribution is 2.17. The topological polar surface area (TPSA) is 109 Å². The zero-order valence-electron chi connectivity index (χ0n) is 14.1. The number of hydrogen-bond donors (Lipinski definition) is 3. The van der Waals surface area contributed by atoms with Gasteiger partial charge >= 0.3 is 5.97 Å². The molecule has 0 aliphatic carbocycles. The minimum atomic E-state index is -3.78. The van der Waals surface area contributed by atoms with Crippen LogP contribution in [0.25, 0.3) is 0 Å². The number of carboxylic acid groups (broad SMARTS) is 1. The molecule has 0 heterocycles. The van der Waals surface area contributed by atoms with Gasteiger partial charge in [0.2, 0.25) is 10.0 Å². The minimum absolute atomic E-state index is 0.0547. The van der Waals surface area contributed by atoms with Crippen LogP contribution in [0.15, 0.2) is 23.1 Å². The number of primary sulfonamides is 1. The molecule has 1 aromatic carbocycles. The van der Waals surface area contributed by atoms with Gasteiger partial charge in [0.05, 0.1) is 10.5 Å². The van der Waals surface area contributed by atoms with Gasteiger partial charge in [0.25, 0.3) is 0 Å². The van der Waals surface area contributed by atoms with Crippen molar-refractivity contribution in [3.05, 3.63) is 29.3 Å². The van der Waals surface area contributed by atoms with Crippen molar-refractivity contribution in [3.8, 4) is 0 Å². The molecule has 0 amide bonds. The van der Waals surface area contributed by atoms with Gasteiger partial charge in [-0.2, -0.15) is 0 Å². The van der Waals surface area contributed by atoms with Gasteiger partial charge in [-0.1, -0.05) is 33.6 Å². The van der Waals surface area contributed by atoms with Crippen molar-refractivity contribution in [2.45, 2.75) is 51.3 Å². The van der Waals surface area contributed by atoms with Crippen LogP contribution >= 0.6 is 0 Å². The van der Waals surface area contributed by atoms with E-state index in [1.54, 1.807) is 0 Å². The summed E-state index contributed by atoms with van der Waals surface area (Å²) in [6, 6.07) is 3.80. The van der Waals surface area contributed by atoms with Crippen molar-refractivity contribution in [3.63, 3.8) is 0 Å². The van der Waals surface area contributed by atoms with Gasteiger partial charge in [-0.3, -0.25) is 0 Å². The van der Waals surface area contributed by atoms with E-state index in [1.165, 1.54) is 37.6 Å². The molecule has 6 nitrogen and oxygen atoms in total. The van der Waals surface area contributed by atoms with Crippen LogP contribution < -0.4 is 10.5 Å². The molecule has 0 saturated heterocycles. The number of aryl methyl sites for hydroxylation is 1. The van der Waals surface area contributed by atoms with Gasteiger partial charge in [-0.25, -0.2) is 18.4 Å². The average molecular weight is 344 g/mol. The van der Waals surface area contributed by atoms with Crippen LogP contribution in [-0.4, -0.2) is 32.6 Å². The first-order chi connectivity index (χ1) is 10.8. The van der Waals surface area contributed by atoms with E-state index in [-0.39, 0.29) is 10.5 Å². The lowest BCUT2D eigenvalue weighted by atomic mass is 10.0. The normalized spacial score (nSPS) is 10.8. The third kappa shape index (κ3) is 8.68. The summed E-state index contributed by atoms with van der Waals surface area (Å²) in [7, 11) is -3.78. The fourth-order valence-electron chi connectivity index (χ4n) is 1.91. The van der Waals surface area contributed by atoms with E-state index in [1.807, 2.05) is 6.92 Å². The zero-order chi connectivity index (χ0) is 17.9. The van der Waals surface area contributed by atoms with Crippen molar-refractivity contribution >= 4 is 16.0 Å². The van der Waals surface area contributed by atoms with Gasteiger partial charge in [0.15, 0.2) is 0 Å². The first kappa shape index (κ1) is 21.6. The maximum atomic E-state index is 11.1. The number of carbonyl (C=O) groups is 1. The summed E-state index contributed by atoms with van der Waals surface area (Å²) in [4.78, 5) is 10.8. The SMILES string of the molecule is CCCCNCC.CCCc1cc(S(N)(=O)=O)ccc1C(=O)O. The van der Waals surface area contributed by atoms with E-state index >= 15 is 0 Å². The predicted octanol–water partition coefficient (Wildman–Crippen LogP) is 2.38. The number of carboxylic acids is 1. The Morgan fingerprint density at radius 3 is 2.30 bits per heavy atom. The highest BCUT2D eigenvalue weighted by molar-refractivity contribution is 7.89. The van der Waals surface area contributed by atoms with E-state index in [2.05, 4.69) is 19.2 Å². The minimum Gasteiger partial charge on any atom is -0.478 e. The Labute approximate surface area is 139 Å². The summed E-state index contributed by atoms with van der Waals surface area (Å²) in [5, 5.41) is 17.1. The molecule has 7 heteroatoms. The number of unbranched alkanes of at least 4 members (excludes halogenated alkanes) is 1. The summed E-state index contributed by atoms with van der Waals surface area (Å²) < 4.78 is 22.2. The molecule has 0 aromatic heterocycles.